The first kappa shape index (κ1) is 14.1. The van der Waals surface area contributed by atoms with E-state index in [-0.39, 0.29) is 5.41 Å². The Morgan fingerprint density at radius 1 is 1.15 bits per heavy atom. The lowest BCUT2D eigenvalue weighted by molar-refractivity contribution is 0.0438. The molecule has 2 aliphatic rings. The molecule has 0 aromatic heterocycles. The van der Waals surface area contributed by atoms with Gasteiger partial charge in [-0.15, -0.1) is 0 Å². The van der Waals surface area contributed by atoms with Gasteiger partial charge in [0.15, 0.2) is 0 Å². The van der Waals surface area contributed by atoms with Crippen LogP contribution in [0.1, 0.15) is 69.5 Å². The lowest BCUT2D eigenvalue weighted by atomic mass is 9.71. The summed E-state index contributed by atoms with van der Waals surface area (Å²) in [5.74, 6) is 0. The predicted octanol–water partition coefficient (Wildman–Crippen LogP) is 3.69. The Hall–Kier alpha value is -0.860. The van der Waals surface area contributed by atoms with Crippen molar-refractivity contribution >= 4 is 0 Å². The maximum atomic E-state index is 10.5. The molecule has 0 amide bonds. The average Bonchev–Trinajstić information content (AvgIpc) is 2.86. The van der Waals surface area contributed by atoms with Crippen LogP contribution in [0.25, 0.3) is 0 Å². The molecule has 1 atom stereocenters. The fourth-order valence-electron chi connectivity index (χ4n) is 3.95. The third-order valence-electron chi connectivity index (χ3n) is 5.34. The largest absolute Gasteiger partial charge is 0.389 e. The molecule has 2 aliphatic carbocycles. The van der Waals surface area contributed by atoms with Crippen LogP contribution in [-0.4, -0.2) is 17.3 Å². The van der Waals surface area contributed by atoms with Crippen molar-refractivity contribution in [3.8, 4) is 0 Å². The maximum absolute atomic E-state index is 10.5. The molecule has 1 unspecified atom stereocenters. The van der Waals surface area contributed by atoms with Crippen molar-refractivity contribution in [1.29, 1.82) is 0 Å². The van der Waals surface area contributed by atoms with Gasteiger partial charge in [-0.25, -0.2) is 0 Å². The van der Waals surface area contributed by atoms with E-state index in [0.29, 0.717) is 6.04 Å². The SMILES string of the molecule is CC1(C)CCC(NCC2(O)CCCC2)c2ccccc21. The number of benzene rings is 1. The van der Waals surface area contributed by atoms with Crippen LogP contribution in [0, 0.1) is 0 Å². The van der Waals surface area contributed by atoms with E-state index in [2.05, 4.69) is 43.4 Å². The first-order valence-corrected chi connectivity index (χ1v) is 8.05. The van der Waals surface area contributed by atoms with E-state index >= 15 is 0 Å². The van der Waals surface area contributed by atoms with Gasteiger partial charge in [-0.2, -0.15) is 0 Å². The van der Waals surface area contributed by atoms with Crippen LogP contribution < -0.4 is 5.32 Å². The minimum Gasteiger partial charge on any atom is -0.389 e. The summed E-state index contributed by atoms with van der Waals surface area (Å²) in [6.45, 7) is 5.42. The summed E-state index contributed by atoms with van der Waals surface area (Å²) in [5.41, 5.74) is 2.73. The van der Waals surface area contributed by atoms with Crippen molar-refractivity contribution in [1.82, 2.24) is 5.32 Å². The Morgan fingerprint density at radius 3 is 2.60 bits per heavy atom. The standard InChI is InChI=1S/C18H27NO/c1-17(2)12-9-16(14-7-3-4-8-15(14)17)19-13-18(20)10-5-6-11-18/h3-4,7-8,16,19-20H,5-6,9-13H2,1-2H3. The molecule has 2 nitrogen and oxygen atoms in total. The molecular formula is C18H27NO. The predicted molar refractivity (Wildman–Crippen MR) is 82.9 cm³/mol. The van der Waals surface area contributed by atoms with Crippen molar-refractivity contribution in [3.05, 3.63) is 35.4 Å². The van der Waals surface area contributed by atoms with E-state index in [1.165, 1.54) is 36.8 Å². The zero-order valence-electron chi connectivity index (χ0n) is 12.8. The number of hydrogen-bond donors (Lipinski definition) is 2. The second kappa shape index (κ2) is 5.16. The van der Waals surface area contributed by atoms with Gasteiger partial charge in [0, 0.05) is 12.6 Å². The highest BCUT2D eigenvalue weighted by Crippen LogP contribution is 2.41. The van der Waals surface area contributed by atoms with E-state index in [1.807, 2.05) is 0 Å². The van der Waals surface area contributed by atoms with Gasteiger partial charge >= 0.3 is 0 Å². The van der Waals surface area contributed by atoms with Crippen molar-refractivity contribution in [2.24, 2.45) is 0 Å². The van der Waals surface area contributed by atoms with Crippen LogP contribution in [-0.2, 0) is 5.41 Å². The normalized spacial score (nSPS) is 27.2. The summed E-state index contributed by atoms with van der Waals surface area (Å²) < 4.78 is 0. The van der Waals surface area contributed by atoms with E-state index in [4.69, 9.17) is 0 Å². The molecule has 0 saturated heterocycles. The van der Waals surface area contributed by atoms with Gasteiger partial charge < -0.3 is 10.4 Å². The molecular weight excluding hydrogens is 246 g/mol. The molecule has 0 aliphatic heterocycles. The highest BCUT2D eigenvalue weighted by Gasteiger charge is 2.35. The van der Waals surface area contributed by atoms with Crippen molar-refractivity contribution in [2.45, 2.75) is 69.4 Å². The maximum Gasteiger partial charge on any atom is 0.0771 e. The zero-order chi connectivity index (χ0) is 14.2. The van der Waals surface area contributed by atoms with Crippen LogP contribution in [0.5, 0.6) is 0 Å². The fourth-order valence-corrected chi connectivity index (χ4v) is 3.95. The molecule has 0 radical (unpaired) electrons. The smallest absolute Gasteiger partial charge is 0.0771 e. The van der Waals surface area contributed by atoms with Gasteiger partial charge in [-0.1, -0.05) is 51.0 Å². The highest BCUT2D eigenvalue weighted by molar-refractivity contribution is 5.38. The van der Waals surface area contributed by atoms with Gasteiger partial charge in [-0.05, 0) is 42.2 Å². The number of rotatable bonds is 3. The first-order valence-electron chi connectivity index (χ1n) is 8.05. The second-order valence-corrected chi connectivity index (χ2v) is 7.37. The molecule has 2 heteroatoms. The highest BCUT2D eigenvalue weighted by atomic mass is 16.3. The number of aliphatic hydroxyl groups is 1. The third kappa shape index (κ3) is 2.64. The van der Waals surface area contributed by atoms with Crippen LogP contribution in [0.15, 0.2) is 24.3 Å². The lowest BCUT2D eigenvalue weighted by Gasteiger charge is -2.38. The fraction of sp³-hybridized carbons (Fsp3) is 0.667. The Labute approximate surface area is 122 Å². The average molecular weight is 273 g/mol. The van der Waals surface area contributed by atoms with Gasteiger partial charge in [0.1, 0.15) is 0 Å². The number of fused-ring (bicyclic) bond motifs is 1. The molecule has 1 fully saturated rings. The van der Waals surface area contributed by atoms with E-state index in [9.17, 15) is 5.11 Å². The molecule has 110 valence electrons. The minimum atomic E-state index is -0.456. The Bertz CT molecular complexity index is 474. The van der Waals surface area contributed by atoms with Gasteiger partial charge in [0.25, 0.3) is 0 Å². The monoisotopic (exact) mass is 273 g/mol. The number of hydrogen-bond acceptors (Lipinski definition) is 2. The molecule has 20 heavy (non-hydrogen) atoms. The summed E-state index contributed by atoms with van der Waals surface area (Å²) in [4.78, 5) is 0. The lowest BCUT2D eigenvalue weighted by Crippen LogP contribution is -2.41. The molecule has 0 bridgehead atoms. The molecule has 1 saturated carbocycles. The van der Waals surface area contributed by atoms with Crippen LogP contribution >= 0.6 is 0 Å². The van der Waals surface area contributed by atoms with Crippen molar-refractivity contribution in [2.75, 3.05) is 6.54 Å². The molecule has 1 aromatic carbocycles. The summed E-state index contributed by atoms with van der Waals surface area (Å²) >= 11 is 0. The summed E-state index contributed by atoms with van der Waals surface area (Å²) in [6.07, 6.45) is 6.64. The van der Waals surface area contributed by atoms with Crippen LogP contribution in [0.3, 0.4) is 0 Å². The van der Waals surface area contributed by atoms with Crippen molar-refractivity contribution in [3.63, 3.8) is 0 Å². The second-order valence-electron chi connectivity index (χ2n) is 7.37. The number of nitrogens with one attached hydrogen (secondary N) is 1. The topological polar surface area (TPSA) is 32.3 Å². The van der Waals surface area contributed by atoms with Gasteiger partial charge in [0.2, 0.25) is 0 Å². The van der Waals surface area contributed by atoms with E-state index in [1.54, 1.807) is 0 Å². The Morgan fingerprint density at radius 2 is 1.85 bits per heavy atom. The third-order valence-corrected chi connectivity index (χ3v) is 5.34. The first-order chi connectivity index (χ1) is 9.50. The molecule has 1 aromatic rings. The van der Waals surface area contributed by atoms with Crippen LogP contribution in [0.4, 0.5) is 0 Å². The Balaban J connectivity index is 1.75. The quantitative estimate of drug-likeness (QED) is 0.880. The Kier molecular flexibility index (Phi) is 3.64. The summed E-state index contributed by atoms with van der Waals surface area (Å²) in [6, 6.07) is 9.22. The van der Waals surface area contributed by atoms with Gasteiger partial charge in [0.05, 0.1) is 5.60 Å². The van der Waals surface area contributed by atoms with E-state index < -0.39 is 5.60 Å². The molecule has 2 N–H and O–H groups in total. The van der Waals surface area contributed by atoms with E-state index in [0.717, 1.165) is 19.4 Å². The minimum absolute atomic E-state index is 0.277. The van der Waals surface area contributed by atoms with Crippen molar-refractivity contribution < 1.29 is 5.11 Å². The molecule has 3 rings (SSSR count). The summed E-state index contributed by atoms with van der Waals surface area (Å²) in [7, 11) is 0. The molecule has 0 spiro atoms. The van der Waals surface area contributed by atoms with Gasteiger partial charge in [-0.3, -0.25) is 0 Å². The molecule has 0 heterocycles. The zero-order valence-corrected chi connectivity index (χ0v) is 12.8. The van der Waals surface area contributed by atoms with Crippen LogP contribution in [0.2, 0.25) is 0 Å². The summed E-state index contributed by atoms with van der Waals surface area (Å²) in [5, 5.41) is 14.2.